The van der Waals surface area contributed by atoms with Gasteiger partial charge in [0.1, 0.15) is 24.1 Å². The molecule has 1 aromatic heterocycles. The van der Waals surface area contributed by atoms with Gasteiger partial charge in [0.05, 0.1) is 38.6 Å². The van der Waals surface area contributed by atoms with Crippen LogP contribution in [-0.4, -0.2) is 123 Å². The van der Waals surface area contributed by atoms with Crippen LogP contribution in [0.2, 0.25) is 5.02 Å². The summed E-state index contributed by atoms with van der Waals surface area (Å²) in [6.07, 6.45) is 3.89. The molecule has 0 spiro atoms. The number of benzene rings is 2. The summed E-state index contributed by atoms with van der Waals surface area (Å²) < 4.78 is 11.6. The third kappa shape index (κ3) is 12.1. The van der Waals surface area contributed by atoms with Crippen molar-refractivity contribution in [1.82, 2.24) is 20.5 Å². The van der Waals surface area contributed by atoms with Crippen LogP contribution >= 0.6 is 11.6 Å². The number of unbranched alkanes of at least 4 members (excludes halogenated alkanes) is 1. The number of pyridine rings is 1. The molecule has 1 heterocycles. The maximum absolute atomic E-state index is 13.0. The number of ether oxygens (including phenoxy) is 2. The molecule has 8 N–H and O–H groups in total. The number of urea groups is 1. The van der Waals surface area contributed by atoms with Gasteiger partial charge in [-0.05, 0) is 84.9 Å². The molecule has 302 valence electrons. The van der Waals surface area contributed by atoms with Gasteiger partial charge in [-0.25, -0.2) is 4.79 Å². The van der Waals surface area contributed by atoms with Crippen LogP contribution in [0, 0.1) is 0 Å². The first-order valence-electron chi connectivity index (χ1n) is 19.3. The molecular formula is C41H57ClN4O9. The van der Waals surface area contributed by atoms with Crippen molar-refractivity contribution in [3.63, 3.8) is 0 Å². The molecule has 0 aliphatic heterocycles. The number of aliphatic hydroxyl groups is 6. The topological polar surface area (TPSA) is 197 Å². The van der Waals surface area contributed by atoms with E-state index in [-0.39, 0.29) is 44.4 Å². The Balaban J connectivity index is 1.14. The minimum Gasteiger partial charge on any atom is -0.490 e. The van der Waals surface area contributed by atoms with Crippen molar-refractivity contribution in [2.24, 2.45) is 0 Å². The van der Waals surface area contributed by atoms with Gasteiger partial charge in [-0.2, -0.15) is 0 Å². The standard InChI is InChI=1S/C41H57ClN4O9/c1-27(6-4-5-17-46(18-20-54-21-19-47)40(53)44-25-35(49)38(51)39(52)36(50)26-48)28-9-12-34(42)29(22-28)23-45-41(14-15-41)33-24-43-16-13-31(33)32-7-2-3-8-37(32)55-30-10-11-30/h2-3,7-9,12-13,16,22,24,27,30,35-36,38-39,45,47-52H,4-6,10-11,14-15,17-21,23,25-26H2,1H3,(H,44,53). The number of nitrogens with zero attached hydrogens (tertiary/aromatic N) is 2. The van der Waals surface area contributed by atoms with Crippen molar-refractivity contribution < 1.29 is 44.9 Å². The lowest BCUT2D eigenvalue weighted by atomic mass is 9.93. The summed E-state index contributed by atoms with van der Waals surface area (Å²) >= 11 is 6.75. The summed E-state index contributed by atoms with van der Waals surface area (Å²) in [4.78, 5) is 19.1. The molecule has 0 saturated heterocycles. The first-order chi connectivity index (χ1) is 26.6. The Kier molecular flexibility index (Phi) is 16.1. The summed E-state index contributed by atoms with van der Waals surface area (Å²) in [5.74, 6) is 1.14. The maximum atomic E-state index is 13.0. The molecule has 5 atom stereocenters. The van der Waals surface area contributed by atoms with E-state index in [2.05, 4.69) is 46.8 Å². The number of hydrogen-bond donors (Lipinski definition) is 8. The molecule has 2 aliphatic rings. The fourth-order valence-electron chi connectivity index (χ4n) is 6.70. The predicted molar refractivity (Wildman–Crippen MR) is 209 cm³/mol. The number of rotatable bonds is 24. The highest BCUT2D eigenvalue weighted by molar-refractivity contribution is 6.31. The van der Waals surface area contributed by atoms with E-state index in [1.807, 2.05) is 36.7 Å². The van der Waals surface area contributed by atoms with Crippen LogP contribution in [0.25, 0.3) is 11.1 Å². The van der Waals surface area contributed by atoms with Crippen molar-refractivity contribution in [3.8, 4) is 16.9 Å². The summed E-state index contributed by atoms with van der Waals surface area (Å²) in [7, 11) is 0. The van der Waals surface area contributed by atoms with Crippen LogP contribution in [0.15, 0.2) is 60.9 Å². The van der Waals surface area contributed by atoms with Crippen LogP contribution < -0.4 is 15.4 Å². The third-order valence-corrected chi connectivity index (χ3v) is 10.8. The number of amides is 2. The molecule has 13 nitrogen and oxygen atoms in total. The summed E-state index contributed by atoms with van der Waals surface area (Å²) in [5, 5.41) is 64.9. The first-order valence-corrected chi connectivity index (χ1v) is 19.7. The van der Waals surface area contributed by atoms with Crippen molar-refractivity contribution in [1.29, 1.82) is 0 Å². The summed E-state index contributed by atoms with van der Waals surface area (Å²) in [6.45, 7) is 2.42. The molecule has 0 bridgehead atoms. The normalized spacial score (nSPS) is 17.5. The van der Waals surface area contributed by atoms with Crippen LogP contribution in [0.4, 0.5) is 4.79 Å². The van der Waals surface area contributed by atoms with Gasteiger partial charge >= 0.3 is 6.03 Å². The Morgan fingerprint density at radius 2 is 1.75 bits per heavy atom. The molecular weight excluding hydrogens is 728 g/mol. The van der Waals surface area contributed by atoms with E-state index < -0.39 is 37.1 Å². The zero-order valence-electron chi connectivity index (χ0n) is 31.5. The lowest BCUT2D eigenvalue weighted by Crippen LogP contribution is -2.51. The van der Waals surface area contributed by atoms with E-state index >= 15 is 0 Å². The lowest BCUT2D eigenvalue weighted by molar-refractivity contribution is -0.113. The second-order valence-electron chi connectivity index (χ2n) is 14.7. The van der Waals surface area contributed by atoms with Gasteiger partial charge in [0.15, 0.2) is 0 Å². The number of nitrogens with one attached hydrogen (secondary N) is 2. The molecule has 2 saturated carbocycles. The maximum Gasteiger partial charge on any atom is 0.317 e. The van der Waals surface area contributed by atoms with Crippen LogP contribution in [0.5, 0.6) is 5.75 Å². The van der Waals surface area contributed by atoms with Gasteiger partial charge in [-0.3, -0.25) is 4.98 Å². The Morgan fingerprint density at radius 1 is 0.982 bits per heavy atom. The number of hydrogen-bond acceptors (Lipinski definition) is 11. The third-order valence-electron chi connectivity index (χ3n) is 10.5. The van der Waals surface area contributed by atoms with Crippen molar-refractivity contribution >= 4 is 17.6 Å². The molecule has 2 amide bonds. The molecule has 5 rings (SSSR count). The Morgan fingerprint density at radius 3 is 2.47 bits per heavy atom. The largest absolute Gasteiger partial charge is 0.490 e. The van der Waals surface area contributed by atoms with Crippen LogP contribution in [-0.2, 0) is 16.8 Å². The van der Waals surface area contributed by atoms with E-state index in [4.69, 9.17) is 31.3 Å². The van der Waals surface area contributed by atoms with Gasteiger partial charge in [-0.1, -0.05) is 55.3 Å². The van der Waals surface area contributed by atoms with Gasteiger partial charge in [-0.15, -0.1) is 0 Å². The molecule has 3 aromatic rings. The molecule has 2 aromatic carbocycles. The Hall–Kier alpha value is -3.37. The molecule has 55 heavy (non-hydrogen) atoms. The average molecular weight is 785 g/mol. The molecule has 0 radical (unpaired) electrons. The number of aromatic nitrogens is 1. The fourth-order valence-corrected chi connectivity index (χ4v) is 6.88. The average Bonchev–Trinajstić information content (AvgIpc) is 4.16. The number of carbonyl (C=O) groups excluding carboxylic acids is 1. The van der Waals surface area contributed by atoms with Gasteiger partial charge in [0.25, 0.3) is 0 Å². The number of carbonyl (C=O) groups is 1. The predicted octanol–water partition coefficient (Wildman–Crippen LogP) is 3.45. The zero-order valence-corrected chi connectivity index (χ0v) is 32.3. The van der Waals surface area contributed by atoms with Crippen molar-refractivity contribution in [2.45, 2.75) is 100 Å². The van der Waals surface area contributed by atoms with Gasteiger partial charge < -0.3 is 55.6 Å². The van der Waals surface area contributed by atoms with Crippen LogP contribution in [0.3, 0.4) is 0 Å². The Labute approximate surface area is 328 Å². The van der Waals surface area contributed by atoms with E-state index in [0.29, 0.717) is 30.6 Å². The zero-order chi connectivity index (χ0) is 39.4. The lowest BCUT2D eigenvalue weighted by Gasteiger charge is -2.27. The monoisotopic (exact) mass is 784 g/mol. The second-order valence-corrected chi connectivity index (χ2v) is 15.1. The Bertz CT molecular complexity index is 1660. The molecule has 2 aliphatic carbocycles. The van der Waals surface area contributed by atoms with Crippen molar-refractivity contribution in [2.75, 3.05) is 46.1 Å². The summed E-state index contributed by atoms with van der Waals surface area (Å²) in [6, 6.07) is 16.0. The number of aliphatic hydroxyl groups excluding tert-OH is 6. The molecule has 14 heteroatoms. The minimum atomic E-state index is -1.79. The SMILES string of the molecule is CC(CCCCN(CCOCCO)C(=O)NCC(O)C(O)C(O)C(O)CO)c1ccc(Cl)c(CNC2(c3cnccc3-c3ccccc3OC3CC3)CC2)c1. The highest BCUT2D eigenvalue weighted by atomic mass is 35.5. The second kappa shape index (κ2) is 20.7. The van der Waals surface area contributed by atoms with Crippen LogP contribution in [0.1, 0.15) is 74.5 Å². The highest BCUT2D eigenvalue weighted by Gasteiger charge is 2.46. The van der Waals surface area contributed by atoms with Crippen molar-refractivity contribution in [3.05, 3.63) is 82.6 Å². The van der Waals surface area contributed by atoms with E-state index in [1.165, 1.54) is 10.5 Å². The van der Waals surface area contributed by atoms with Gasteiger partial charge in [0.2, 0.25) is 0 Å². The minimum absolute atomic E-state index is 0.136. The number of para-hydroxylation sites is 1. The van der Waals surface area contributed by atoms with E-state index in [0.717, 1.165) is 66.5 Å². The number of halogens is 1. The molecule has 5 unspecified atom stereocenters. The fraction of sp³-hybridized carbons (Fsp3) is 0.561. The van der Waals surface area contributed by atoms with Gasteiger partial charge in [0, 0.05) is 54.7 Å². The smallest absolute Gasteiger partial charge is 0.317 e. The molecule has 2 fully saturated rings. The quantitative estimate of drug-likeness (QED) is 0.0620. The highest BCUT2D eigenvalue weighted by Crippen LogP contribution is 2.50. The summed E-state index contributed by atoms with van der Waals surface area (Å²) in [5.41, 5.74) is 5.37. The van der Waals surface area contributed by atoms with E-state index in [9.17, 15) is 25.2 Å². The first kappa shape index (κ1) is 42.8. The van der Waals surface area contributed by atoms with E-state index in [1.54, 1.807) is 0 Å².